The van der Waals surface area contributed by atoms with Gasteiger partial charge in [0.1, 0.15) is 5.76 Å². The molecule has 0 bridgehead atoms. The van der Waals surface area contributed by atoms with Crippen LogP contribution in [0, 0.1) is 0 Å². The summed E-state index contributed by atoms with van der Waals surface area (Å²) in [6, 6.07) is 2.09. The van der Waals surface area contributed by atoms with Gasteiger partial charge in [0, 0.05) is 27.7 Å². The van der Waals surface area contributed by atoms with Gasteiger partial charge in [-0.3, -0.25) is 0 Å². The molecule has 5 heteroatoms. The highest BCUT2D eigenvalue weighted by atomic mass is 16.5. The molecule has 0 aliphatic rings. The molecule has 2 rings (SSSR count). The van der Waals surface area contributed by atoms with E-state index in [1.165, 1.54) is 0 Å². The van der Waals surface area contributed by atoms with E-state index in [0.717, 1.165) is 24.3 Å². The van der Waals surface area contributed by atoms with Crippen LogP contribution in [0.1, 0.15) is 105 Å². The Labute approximate surface area is 157 Å². The first-order valence-corrected chi connectivity index (χ1v) is 9.45. The van der Waals surface area contributed by atoms with Crippen molar-refractivity contribution in [1.29, 1.82) is 0 Å². The Hall–Kier alpha value is -1.65. The fourth-order valence-electron chi connectivity index (χ4n) is 2.60. The van der Waals surface area contributed by atoms with E-state index in [9.17, 15) is 0 Å². The van der Waals surface area contributed by atoms with Gasteiger partial charge in [-0.15, -0.1) is 10.2 Å². The zero-order chi connectivity index (χ0) is 20.0. The van der Waals surface area contributed by atoms with Gasteiger partial charge in [0.25, 0.3) is 0 Å². The van der Waals surface area contributed by atoms with Crippen LogP contribution in [0.3, 0.4) is 0 Å². The van der Waals surface area contributed by atoms with Crippen LogP contribution in [-0.4, -0.2) is 15.4 Å². The molecule has 0 N–H and O–H groups in total. The normalized spacial score (nSPS) is 14.1. The van der Waals surface area contributed by atoms with E-state index in [2.05, 4.69) is 90.7 Å². The van der Waals surface area contributed by atoms with E-state index in [1.54, 1.807) is 0 Å². The Morgan fingerprint density at radius 2 is 1.27 bits per heavy atom. The van der Waals surface area contributed by atoms with Crippen molar-refractivity contribution < 1.29 is 8.94 Å². The van der Waals surface area contributed by atoms with Crippen molar-refractivity contribution in [2.75, 3.05) is 0 Å². The SMILES string of the molecule is CC(C)(C)c1cc(C(C)(C)CCC(C)(C)c2nnc(C(C)(C)C)o2)on1. The molecule has 2 aromatic rings. The van der Waals surface area contributed by atoms with Gasteiger partial charge in [-0.25, -0.2) is 0 Å². The summed E-state index contributed by atoms with van der Waals surface area (Å²) in [6.45, 7) is 21.4. The highest BCUT2D eigenvalue weighted by molar-refractivity contribution is 5.19. The first-order chi connectivity index (χ1) is 11.6. The average molecular weight is 362 g/mol. The lowest BCUT2D eigenvalue weighted by molar-refractivity contribution is 0.257. The summed E-state index contributed by atoms with van der Waals surface area (Å²) in [5.41, 5.74) is 0.543. The number of hydrogen-bond acceptors (Lipinski definition) is 5. The maximum atomic E-state index is 5.97. The fraction of sp³-hybridized carbons (Fsp3) is 0.762. The first-order valence-electron chi connectivity index (χ1n) is 9.45. The van der Waals surface area contributed by atoms with Crippen LogP contribution < -0.4 is 0 Å². The maximum absolute atomic E-state index is 5.97. The highest BCUT2D eigenvalue weighted by Crippen LogP contribution is 2.37. The van der Waals surface area contributed by atoms with Crippen LogP contribution >= 0.6 is 0 Å². The quantitative estimate of drug-likeness (QED) is 0.684. The van der Waals surface area contributed by atoms with Crippen LogP contribution in [0.25, 0.3) is 0 Å². The zero-order valence-corrected chi connectivity index (χ0v) is 18.1. The molecule has 0 unspecified atom stereocenters. The van der Waals surface area contributed by atoms with Crippen molar-refractivity contribution >= 4 is 0 Å². The Bertz CT molecular complexity index is 676. The molecule has 2 heterocycles. The molecule has 0 saturated heterocycles. The lowest BCUT2D eigenvalue weighted by Gasteiger charge is -2.27. The van der Waals surface area contributed by atoms with Crippen LogP contribution in [0.15, 0.2) is 15.0 Å². The standard InChI is InChI=1S/C21H35N3O2/c1-18(2,3)14-13-15(26-24-14)20(7,8)11-12-21(9,10)17-23-22-16(25-17)19(4,5)6/h13H,11-12H2,1-10H3. The fourth-order valence-corrected chi connectivity index (χ4v) is 2.60. The highest BCUT2D eigenvalue weighted by Gasteiger charge is 2.35. The molecular formula is C21H35N3O2. The van der Waals surface area contributed by atoms with Gasteiger partial charge in [0.15, 0.2) is 0 Å². The summed E-state index contributed by atoms with van der Waals surface area (Å²) in [4.78, 5) is 0. The van der Waals surface area contributed by atoms with E-state index in [-0.39, 0.29) is 21.7 Å². The monoisotopic (exact) mass is 361 g/mol. The van der Waals surface area contributed by atoms with Gasteiger partial charge in [0.05, 0.1) is 5.69 Å². The molecular weight excluding hydrogens is 326 g/mol. The molecule has 0 radical (unpaired) electrons. The minimum atomic E-state index is -0.194. The molecule has 0 amide bonds. The van der Waals surface area contributed by atoms with Crippen molar-refractivity contribution in [3.05, 3.63) is 29.3 Å². The lowest BCUT2D eigenvalue weighted by Crippen LogP contribution is -2.24. The predicted octanol–water partition coefficient (Wildman–Crippen LogP) is 5.69. The molecule has 0 saturated carbocycles. The Balaban J connectivity index is 2.12. The number of nitrogens with zero attached hydrogens (tertiary/aromatic N) is 3. The number of aromatic nitrogens is 3. The van der Waals surface area contributed by atoms with E-state index in [0.29, 0.717) is 11.8 Å². The third-order valence-corrected chi connectivity index (χ3v) is 4.97. The van der Waals surface area contributed by atoms with Crippen LogP contribution in [0.5, 0.6) is 0 Å². The van der Waals surface area contributed by atoms with Crippen molar-refractivity contribution in [3.63, 3.8) is 0 Å². The van der Waals surface area contributed by atoms with E-state index in [1.807, 2.05) is 0 Å². The molecule has 0 aromatic carbocycles. The number of hydrogen-bond donors (Lipinski definition) is 0. The second-order valence-electron chi connectivity index (χ2n) is 10.8. The molecule has 5 nitrogen and oxygen atoms in total. The molecule has 0 spiro atoms. The third-order valence-electron chi connectivity index (χ3n) is 4.97. The van der Waals surface area contributed by atoms with Gasteiger partial charge in [-0.1, -0.05) is 74.4 Å². The summed E-state index contributed by atoms with van der Waals surface area (Å²) in [7, 11) is 0. The van der Waals surface area contributed by atoms with Crippen molar-refractivity contribution in [2.45, 2.75) is 104 Å². The minimum Gasteiger partial charge on any atom is -0.424 e. The Kier molecular flexibility index (Phi) is 5.17. The van der Waals surface area contributed by atoms with Crippen LogP contribution in [-0.2, 0) is 21.7 Å². The van der Waals surface area contributed by atoms with Gasteiger partial charge < -0.3 is 8.94 Å². The van der Waals surface area contributed by atoms with E-state index >= 15 is 0 Å². The maximum Gasteiger partial charge on any atom is 0.222 e. The molecule has 146 valence electrons. The van der Waals surface area contributed by atoms with E-state index < -0.39 is 0 Å². The van der Waals surface area contributed by atoms with Crippen molar-refractivity contribution in [1.82, 2.24) is 15.4 Å². The second-order valence-corrected chi connectivity index (χ2v) is 10.8. The molecule has 0 aliphatic heterocycles. The first kappa shape index (κ1) is 20.7. The largest absolute Gasteiger partial charge is 0.424 e. The summed E-state index contributed by atoms with van der Waals surface area (Å²) in [5, 5.41) is 12.8. The van der Waals surface area contributed by atoms with Crippen molar-refractivity contribution in [2.24, 2.45) is 0 Å². The van der Waals surface area contributed by atoms with Gasteiger partial charge in [-0.05, 0) is 12.8 Å². The van der Waals surface area contributed by atoms with E-state index in [4.69, 9.17) is 8.94 Å². The molecule has 0 atom stereocenters. The van der Waals surface area contributed by atoms with Crippen LogP contribution in [0.4, 0.5) is 0 Å². The Morgan fingerprint density at radius 3 is 1.73 bits per heavy atom. The second kappa shape index (κ2) is 6.50. The summed E-state index contributed by atoms with van der Waals surface area (Å²) in [6.07, 6.45) is 1.85. The molecule has 0 fully saturated rings. The summed E-state index contributed by atoms with van der Waals surface area (Å²) >= 11 is 0. The smallest absolute Gasteiger partial charge is 0.222 e. The molecule has 0 aliphatic carbocycles. The van der Waals surface area contributed by atoms with Gasteiger partial charge in [0.2, 0.25) is 11.8 Å². The minimum absolute atomic E-state index is 0.00971. The predicted molar refractivity (Wildman–Crippen MR) is 103 cm³/mol. The Morgan fingerprint density at radius 1 is 0.731 bits per heavy atom. The summed E-state index contributed by atoms with van der Waals surface area (Å²) < 4.78 is 11.6. The van der Waals surface area contributed by atoms with Gasteiger partial charge >= 0.3 is 0 Å². The summed E-state index contributed by atoms with van der Waals surface area (Å²) in [5.74, 6) is 2.31. The van der Waals surface area contributed by atoms with Gasteiger partial charge in [-0.2, -0.15) is 0 Å². The third kappa shape index (κ3) is 4.54. The topological polar surface area (TPSA) is 65.0 Å². The van der Waals surface area contributed by atoms with Crippen molar-refractivity contribution in [3.8, 4) is 0 Å². The lowest BCUT2D eigenvalue weighted by atomic mass is 9.77. The molecule has 26 heavy (non-hydrogen) atoms. The zero-order valence-electron chi connectivity index (χ0n) is 18.1. The molecule has 2 aromatic heterocycles. The number of rotatable bonds is 5. The average Bonchev–Trinajstić information content (AvgIpc) is 3.13. The van der Waals surface area contributed by atoms with Crippen LogP contribution in [0.2, 0.25) is 0 Å².